The Morgan fingerprint density at radius 3 is 2.65 bits per heavy atom. The molecule has 0 aromatic heterocycles. The zero-order chi connectivity index (χ0) is 22.1. The van der Waals surface area contributed by atoms with Crippen LogP contribution in [0.5, 0.6) is 0 Å². The smallest absolute Gasteiger partial charge is 0.404 e. The number of carbonyl (C=O) groups is 3. The molecule has 1 amide bonds. The average Bonchev–Trinajstić information content (AvgIpc) is 3.35. The van der Waals surface area contributed by atoms with Crippen molar-refractivity contribution in [1.29, 1.82) is 0 Å². The number of ketones is 2. The van der Waals surface area contributed by atoms with Crippen LogP contribution in [0.1, 0.15) is 6.92 Å². The lowest BCUT2D eigenvalue weighted by Crippen LogP contribution is -2.55. The molecular weight excluding hydrogens is 402 g/mol. The summed E-state index contributed by atoms with van der Waals surface area (Å²) in [7, 11) is 1.54. The molecule has 4 atom stereocenters. The van der Waals surface area contributed by atoms with Crippen LogP contribution in [0, 0.1) is 5.92 Å². The molecule has 3 heterocycles. The molecule has 5 rings (SSSR count). The van der Waals surface area contributed by atoms with E-state index < -0.39 is 17.7 Å². The van der Waals surface area contributed by atoms with E-state index in [1.54, 1.807) is 31.2 Å². The van der Waals surface area contributed by atoms with Crippen molar-refractivity contribution in [2.75, 3.05) is 31.3 Å². The number of hydrogen-bond acceptors (Lipinski definition) is 9. The summed E-state index contributed by atoms with van der Waals surface area (Å²) in [4.78, 5) is 40.3. The molecule has 10 nitrogen and oxygen atoms in total. The number of allylic oxidation sites excluding steroid dienone is 2. The summed E-state index contributed by atoms with van der Waals surface area (Å²) in [5.41, 5.74) is 12.3. The van der Waals surface area contributed by atoms with E-state index in [4.69, 9.17) is 20.9 Å². The normalized spacial score (nSPS) is 30.9. The number of anilines is 2. The van der Waals surface area contributed by atoms with E-state index in [1.807, 2.05) is 4.90 Å². The van der Waals surface area contributed by atoms with Gasteiger partial charge in [0.2, 0.25) is 11.6 Å². The first-order valence-electron chi connectivity index (χ1n) is 9.97. The zero-order valence-corrected chi connectivity index (χ0v) is 17.1. The van der Waals surface area contributed by atoms with Crippen molar-refractivity contribution in [3.8, 4) is 0 Å². The molecule has 1 aromatic rings. The number of hydrogen-bond donors (Lipinski definition) is 4. The Labute approximate surface area is 178 Å². The van der Waals surface area contributed by atoms with Crippen LogP contribution in [0.2, 0.25) is 0 Å². The predicted octanol–water partition coefficient (Wildman–Crippen LogP) is 0.0844. The second-order valence-corrected chi connectivity index (χ2v) is 8.17. The number of rotatable bonds is 5. The van der Waals surface area contributed by atoms with E-state index in [9.17, 15) is 14.4 Å². The second-order valence-electron chi connectivity index (χ2n) is 8.17. The number of nitrogens with zero attached hydrogens (tertiary/aromatic N) is 1. The highest BCUT2D eigenvalue weighted by Gasteiger charge is 2.72. The van der Waals surface area contributed by atoms with Crippen LogP contribution in [0.15, 0.2) is 46.8 Å². The number of benzene rings is 1. The van der Waals surface area contributed by atoms with Gasteiger partial charge in [-0.25, -0.2) is 4.79 Å². The van der Waals surface area contributed by atoms with Crippen LogP contribution >= 0.6 is 0 Å². The fourth-order valence-electron chi connectivity index (χ4n) is 5.15. The number of carbonyl (C=O) groups excluding carboxylic acids is 3. The molecule has 1 aliphatic carbocycles. The summed E-state index contributed by atoms with van der Waals surface area (Å²) < 4.78 is 11.1. The Morgan fingerprint density at radius 1 is 1.29 bits per heavy atom. The van der Waals surface area contributed by atoms with Crippen LogP contribution in [0.3, 0.4) is 0 Å². The molecule has 10 heteroatoms. The van der Waals surface area contributed by atoms with Gasteiger partial charge in [-0.3, -0.25) is 9.59 Å². The lowest BCUT2D eigenvalue weighted by molar-refractivity contribution is -0.137. The Balaban J connectivity index is 1.56. The number of ether oxygens (including phenoxy) is 2. The molecule has 0 radical (unpaired) electrons. The molecule has 31 heavy (non-hydrogen) atoms. The van der Waals surface area contributed by atoms with E-state index >= 15 is 0 Å². The third-order valence-corrected chi connectivity index (χ3v) is 6.61. The van der Waals surface area contributed by atoms with Gasteiger partial charge in [-0.1, -0.05) is 0 Å². The highest BCUT2D eigenvalue weighted by Crippen LogP contribution is 2.55. The standard InChI is InChI=1S/C21H23N5O5/c1-9-15(24-11-5-3-10(22)4-6-11)18(28)14-12(8-31-20(23)29)21(30-2)19-13(25-19)7-26(21)16(14)17(9)27/h3-6,12-13,19,24-25H,7-8,22H2,1-2H3,(H2,23,29)/t12?,13?,19?,21-/m1/s1. The molecule has 0 bridgehead atoms. The average molecular weight is 425 g/mol. The van der Waals surface area contributed by atoms with Gasteiger partial charge in [0.25, 0.3) is 0 Å². The van der Waals surface area contributed by atoms with E-state index in [2.05, 4.69) is 10.6 Å². The molecule has 0 spiro atoms. The van der Waals surface area contributed by atoms with Crippen LogP contribution < -0.4 is 22.1 Å². The first kappa shape index (κ1) is 19.6. The van der Waals surface area contributed by atoms with Crippen LogP contribution in [-0.2, 0) is 19.1 Å². The predicted molar refractivity (Wildman–Crippen MR) is 110 cm³/mol. The van der Waals surface area contributed by atoms with Crippen LogP contribution in [-0.4, -0.2) is 60.6 Å². The van der Waals surface area contributed by atoms with Crippen LogP contribution in [0.25, 0.3) is 0 Å². The van der Waals surface area contributed by atoms with E-state index in [0.29, 0.717) is 29.2 Å². The number of Topliss-reactive ketones (excluding diaryl/α,β-unsaturated/α-hetero) is 2. The summed E-state index contributed by atoms with van der Waals surface area (Å²) in [6.45, 7) is 1.98. The molecule has 3 aliphatic heterocycles. The summed E-state index contributed by atoms with van der Waals surface area (Å²) >= 11 is 0. The van der Waals surface area contributed by atoms with Crippen molar-refractivity contribution < 1.29 is 23.9 Å². The molecule has 6 N–H and O–H groups in total. The quantitative estimate of drug-likeness (QED) is 0.291. The lowest BCUT2D eigenvalue weighted by atomic mass is 9.82. The maximum atomic E-state index is 13.7. The maximum absolute atomic E-state index is 13.7. The maximum Gasteiger partial charge on any atom is 0.404 e. The third-order valence-electron chi connectivity index (χ3n) is 6.61. The largest absolute Gasteiger partial charge is 0.449 e. The van der Waals surface area contributed by atoms with E-state index in [-0.39, 0.29) is 41.5 Å². The second kappa shape index (κ2) is 6.56. The molecule has 162 valence electrons. The van der Waals surface area contributed by atoms with E-state index in [1.165, 1.54) is 7.11 Å². The Bertz CT molecular complexity index is 1080. The molecule has 4 aliphatic rings. The van der Waals surface area contributed by atoms with Crippen LogP contribution in [0.4, 0.5) is 16.2 Å². The van der Waals surface area contributed by atoms with Gasteiger partial charge < -0.3 is 36.5 Å². The van der Waals surface area contributed by atoms with Gasteiger partial charge in [0.15, 0.2) is 5.72 Å². The summed E-state index contributed by atoms with van der Waals surface area (Å²) in [5, 5.41) is 6.39. The minimum Gasteiger partial charge on any atom is -0.449 e. The number of methoxy groups -OCH3 is 1. The summed E-state index contributed by atoms with van der Waals surface area (Å²) in [6.07, 6.45) is -0.952. The zero-order valence-electron chi connectivity index (χ0n) is 17.1. The van der Waals surface area contributed by atoms with Gasteiger partial charge in [0.1, 0.15) is 6.61 Å². The van der Waals surface area contributed by atoms with Gasteiger partial charge in [-0.05, 0) is 31.2 Å². The summed E-state index contributed by atoms with van der Waals surface area (Å²) in [5.74, 6) is -1.25. The number of fused-ring (bicyclic) bond motifs is 4. The summed E-state index contributed by atoms with van der Waals surface area (Å²) in [6, 6.07) is 6.92. The van der Waals surface area contributed by atoms with Crippen molar-refractivity contribution in [2.45, 2.75) is 24.7 Å². The first-order valence-corrected chi connectivity index (χ1v) is 9.97. The Morgan fingerprint density at radius 2 is 2.00 bits per heavy atom. The van der Waals surface area contributed by atoms with Crippen molar-refractivity contribution in [3.63, 3.8) is 0 Å². The fraction of sp³-hybridized carbons (Fsp3) is 0.381. The monoisotopic (exact) mass is 425 g/mol. The third kappa shape index (κ3) is 2.61. The molecule has 3 unspecified atom stereocenters. The lowest BCUT2D eigenvalue weighted by Gasteiger charge is -2.39. The number of primary amides is 1. The Kier molecular flexibility index (Phi) is 4.15. The number of amides is 1. The molecule has 1 aromatic carbocycles. The van der Waals surface area contributed by atoms with Gasteiger partial charge in [0, 0.05) is 42.2 Å². The van der Waals surface area contributed by atoms with Gasteiger partial charge in [-0.2, -0.15) is 0 Å². The van der Waals surface area contributed by atoms with Crippen molar-refractivity contribution in [3.05, 3.63) is 46.8 Å². The highest BCUT2D eigenvalue weighted by atomic mass is 16.6. The van der Waals surface area contributed by atoms with Gasteiger partial charge >= 0.3 is 6.09 Å². The minimum absolute atomic E-state index is 0.0843. The fourth-order valence-corrected chi connectivity index (χ4v) is 5.15. The van der Waals surface area contributed by atoms with E-state index in [0.717, 1.165) is 0 Å². The SMILES string of the molecule is CO[C@@]12C(COC(N)=O)C3=C(C(=O)C(C)=C(Nc4ccc(N)cc4)C3=O)N1CC1NC12. The molecular formula is C21H23N5O5. The Hall–Kier alpha value is -3.37. The number of piperazine rings is 1. The van der Waals surface area contributed by atoms with Gasteiger partial charge in [-0.15, -0.1) is 0 Å². The number of nitrogen functional groups attached to an aromatic ring is 1. The first-order chi connectivity index (χ1) is 14.8. The molecule has 0 saturated carbocycles. The molecule has 2 saturated heterocycles. The number of nitrogens with two attached hydrogens (primary N) is 2. The topological polar surface area (TPSA) is 159 Å². The van der Waals surface area contributed by atoms with Crippen molar-refractivity contribution in [1.82, 2.24) is 10.2 Å². The van der Waals surface area contributed by atoms with Gasteiger partial charge in [0.05, 0.1) is 23.4 Å². The van der Waals surface area contributed by atoms with Crippen molar-refractivity contribution >= 4 is 29.0 Å². The molecule has 2 fully saturated rings. The highest BCUT2D eigenvalue weighted by molar-refractivity contribution is 6.26. The minimum atomic E-state index is -0.993. The van der Waals surface area contributed by atoms with Crippen molar-refractivity contribution in [2.24, 2.45) is 11.7 Å². The number of nitrogens with one attached hydrogen (secondary N) is 2.